The van der Waals surface area contributed by atoms with Crippen LogP contribution in [0.15, 0.2) is 84.9 Å². The number of nitrogens with one attached hydrogen (secondary N) is 2. The molecule has 5 nitrogen and oxygen atoms in total. The molecule has 3 N–H and O–H groups in total. The van der Waals surface area contributed by atoms with Crippen LogP contribution in [0.5, 0.6) is 5.75 Å². The van der Waals surface area contributed by atoms with Crippen molar-refractivity contribution in [1.82, 2.24) is 5.48 Å². The van der Waals surface area contributed by atoms with Crippen LogP contribution in [0.1, 0.15) is 22.6 Å². The van der Waals surface area contributed by atoms with Crippen LogP contribution in [0.2, 0.25) is 0 Å². The van der Waals surface area contributed by atoms with Crippen molar-refractivity contribution in [3.05, 3.63) is 102 Å². The number of ether oxygens (including phenoxy) is 1. The van der Waals surface area contributed by atoms with Crippen molar-refractivity contribution in [3.63, 3.8) is 0 Å². The molecule has 0 saturated heterocycles. The largest absolute Gasteiger partial charge is 0.497 e. The van der Waals surface area contributed by atoms with Crippen LogP contribution in [0.25, 0.3) is 6.08 Å². The van der Waals surface area contributed by atoms with E-state index in [0.717, 1.165) is 28.1 Å². The zero-order chi connectivity index (χ0) is 20.5. The fourth-order valence-corrected chi connectivity index (χ4v) is 3.09. The number of amides is 1. The molecule has 3 aromatic rings. The molecular weight excluding hydrogens is 364 g/mol. The molecule has 0 fully saturated rings. The van der Waals surface area contributed by atoms with Crippen LogP contribution in [0.4, 0.5) is 5.69 Å². The maximum Gasteiger partial charge on any atom is 0.255 e. The van der Waals surface area contributed by atoms with Crippen molar-refractivity contribution in [2.75, 3.05) is 19.0 Å². The van der Waals surface area contributed by atoms with E-state index in [0.29, 0.717) is 6.54 Å². The van der Waals surface area contributed by atoms with Gasteiger partial charge in [-0.05, 0) is 41.0 Å². The van der Waals surface area contributed by atoms with E-state index in [9.17, 15) is 4.79 Å². The van der Waals surface area contributed by atoms with Crippen molar-refractivity contribution < 1.29 is 14.7 Å². The third kappa shape index (κ3) is 5.46. The van der Waals surface area contributed by atoms with Gasteiger partial charge in [-0.1, -0.05) is 66.7 Å². The molecule has 0 aliphatic heterocycles. The highest BCUT2D eigenvalue weighted by atomic mass is 16.5. The van der Waals surface area contributed by atoms with Crippen molar-refractivity contribution in [1.29, 1.82) is 0 Å². The highest BCUT2D eigenvalue weighted by Crippen LogP contribution is 2.26. The zero-order valence-corrected chi connectivity index (χ0v) is 16.2. The first-order valence-corrected chi connectivity index (χ1v) is 9.34. The van der Waals surface area contributed by atoms with Crippen molar-refractivity contribution >= 4 is 17.7 Å². The Hall–Kier alpha value is -3.57. The molecule has 3 rings (SSSR count). The van der Waals surface area contributed by atoms with Gasteiger partial charge in [0.25, 0.3) is 5.91 Å². The van der Waals surface area contributed by atoms with Gasteiger partial charge in [0.1, 0.15) is 5.75 Å². The average molecular weight is 388 g/mol. The summed E-state index contributed by atoms with van der Waals surface area (Å²) < 4.78 is 5.15. The van der Waals surface area contributed by atoms with Gasteiger partial charge in [-0.2, -0.15) is 0 Å². The van der Waals surface area contributed by atoms with E-state index in [1.807, 2.05) is 91.0 Å². The van der Waals surface area contributed by atoms with Gasteiger partial charge in [-0.15, -0.1) is 0 Å². The third-order valence-electron chi connectivity index (χ3n) is 4.60. The fourth-order valence-electron chi connectivity index (χ4n) is 3.09. The predicted octanol–water partition coefficient (Wildman–Crippen LogP) is 4.46. The molecule has 0 bridgehead atoms. The van der Waals surface area contributed by atoms with Crippen molar-refractivity contribution in [2.45, 2.75) is 5.92 Å². The summed E-state index contributed by atoms with van der Waals surface area (Å²) >= 11 is 0. The predicted molar refractivity (Wildman–Crippen MR) is 115 cm³/mol. The van der Waals surface area contributed by atoms with Crippen molar-refractivity contribution in [2.24, 2.45) is 0 Å². The second kappa shape index (κ2) is 10.1. The SMILES string of the molecule is COc1ccc(/C=C/CNc2ccc(C(C(=O)NO)c3ccccc3)cc2)cc1. The van der Waals surface area contributed by atoms with Gasteiger partial charge in [-0.25, -0.2) is 5.48 Å². The Morgan fingerprint density at radius 3 is 2.24 bits per heavy atom. The summed E-state index contributed by atoms with van der Waals surface area (Å²) in [6.45, 7) is 0.671. The number of rotatable bonds is 8. The molecule has 3 aromatic carbocycles. The Balaban J connectivity index is 1.62. The Kier molecular flexibility index (Phi) is 7.03. The maximum atomic E-state index is 12.2. The van der Waals surface area contributed by atoms with E-state index in [1.54, 1.807) is 12.6 Å². The monoisotopic (exact) mass is 388 g/mol. The van der Waals surface area contributed by atoms with E-state index in [1.165, 1.54) is 0 Å². The lowest BCUT2D eigenvalue weighted by Gasteiger charge is -2.16. The lowest BCUT2D eigenvalue weighted by atomic mass is 9.90. The van der Waals surface area contributed by atoms with E-state index in [-0.39, 0.29) is 0 Å². The summed E-state index contributed by atoms with van der Waals surface area (Å²) in [6, 6.07) is 24.9. The molecule has 1 atom stereocenters. The third-order valence-corrected chi connectivity index (χ3v) is 4.60. The van der Waals surface area contributed by atoms with Crippen LogP contribution < -0.4 is 15.5 Å². The summed E-state index contributed by atoms with van der Waals surface area (Å²) in [7, 11) is 1.65. The summed E-state index contributed by atoms with van der Waals surface area (Å²) in [5.41, 5.74) is 5.45. The molecular formula is C24H24N2O3. The molecule has 0 heterocycles. The molecule has 5 heteroatoms. The number of carbonyl (C=O) groups is 1. The van der Waals surface area contributed by atoms with Gasteiger partial charge in [0.05, 0.1) is 13.0 Å². The Labute approximate surface area is 170 Å². The summed E-state index contributed by atoms with van der Waals surface area (Å²) in [4.78, 5) is 12.2. The smallest absolute Gasteiger partial charge is 0.255 e. The first kappa shape index (κ1) is 20.2. The highest BCUT2D eigenvalue weighted by Gasteiger charge is 2.22. The van der Waals surface area contributed by atoms with Crippen LogP contribution >= 0.6 is 0 Å². The molecule has 0 radical (unpaired) electrons. The zero-order valence-electron chi connectivity index (χ0n) is 16.2. The second-order valence-corrected chi connectivity index (χ2v) is 6.50. The molecule has 0 aromatic heterocycles. The molecule has 0 aliphatic carbocycles. The molecule has 29 heavy (non-hydrogen) atoms. The normalized spacial score (nSPS) is 11.8. The van der Waals surface area contributed by atoms with Gasteiger partial charge < -0.3 is 10.1 Å². The number of hydroxylamine groups is 1. The Bertz CT molecular complexity index is 936. The van der Waals surface area contributed by atoms with Gasteiger partial charge in [0.15, 0.2) is 0 Å². The lowest BCUT2D eigenvalue weighted by Crippen LogP contribution is -2.27. The minimum absolute atomic E-state index is 0.459. The minimum atomic E-state index is -0.565. The second-order valence-electron chi connectivity index (χ2n) is 6.50. The van der Waals surface area contributed by atoms with E-state index in [2.05, 4.69) is 5.32 Å². The van der Waals surface area contributed by atoms with Crippen LogP contribution in [0, 0.1) is 0 Å². The topological polar surface area (TPSA) is 70.6 Å². The molecule has 0 aliphatic rings. The van der Waals surface area contributed by atoms with Crippen LogP contribution in [-0.4, -0.2) is 24.8 Å². The van der Waals surface area contributed by atoms with Gasteiger partial charge >= 0.3 is 0 Å². The Morgan fingerprint density at radius 1 is 0.966 bits per heavy atom. The molecule has 0 saturated carbocycles. The number of anilines is 1. The number of hydrogen-bond acceptors (Lipinski definition) is 4. The lowest BCUT2D eigenvalue weighted by molar-refractivity contribution is -0.129. The molecule has 1 unspecified atom stereocenters. The fraction of sp³-hybridized carbons (Fsp3) is 0.125. The van der Waals surface area contributed by atoms with Gasteiger partial charge in [0.2, 0.25) is 0 Å². The number of methoxy groups -OCH3 is 1. The van der Waals surface area contributed by atoms with E-state index in [4.69, 9.17) is 9.94 Å². The standard InChI is InChI=1S/C24H24N2O3/c1-29-22-15-9-18(10-16-22)6-5-17-25-21-13-11-20(12-14-21)23(24(27)26-28)19-7-3-2-4-8-19/h2-16,23,25,28H,17H2,1H3,(H,26,27)/b6-5+. The van der Waals surface area contributed by atoms with Crippen molar-refractivity contribution in [3.8, 4) is 5.75 Å². The van der Waals surface area contributed by atoms with Crippen LogP contribution in [-0.2, 0) is 4.79 Å². The number of benzene rings is 3. The first-order valence-electron chi connectivity index (χ1n) is 9.34. The number of carbonyl (C=O) groups excluding carboxylic acids is 1. The number of hydrogen-bond donors (Lipinski definition) is 3. The molecule has 148 valence electrons. The molecule has 1 amide bonds. The summed E-state index contributed by atoms with van der Waals surface area (Å²) in [5.74, 6) is -0.186. The molecule has 0 spiro atoms. The summed E-state index contributed by atoms with van der Waals surface area (Å²) in [5, 5.41) is 12.4. The first-order chi connectivity index (χ1) is 14.2. The quantitative estimate of drug-likeness (QED) is 0.394. The maximum absolute atomic E-state index is 12.2. The van der Waals surface area contributed by atoms with Crippen LogP contribution in [0.3, 0.4) is 0 Å². The average Bonchev–Trinajstić information content (AvgIpc) is 2.79. The van der Waals surface area contributed by atoms with Gasteiger partial charge in [-0.3, -0.25) is 10.0 Å². The highest BCUT2D eigenvalue weighted by molar-refractivity contribution is 5.86. The van der Waals surface area contributed by atoms with Gasteiger partial charge in [0, 0.05) is 12.2 Å². The summed E-state index contributed by atoms with van der Waals surface area (Å²) in [6.07, 6.45) is 4.08. The Morgan fingerprint density at radius 2 is 1.62 bits per heavy atom. The minimum Gasteiger partial charge on any atom is -0.497 e. The van der Waals surface area contributed by atoms with E-state index >= 15 is 0 Å². The van der Waals surface area contributed by atoms with E-state index < -0.39 is 11.8 Å².